The molecule has 0 spiro atoms. The van der Waals surface area contributed by atoms with Crippen molar-refractivity contribution in [1.29, 1.82) is 0 Å². The van der Waals surface area contributed by atoms with E-state index in [0.29, 0.717) is 30.3 Å². The van der Waals surface area contributed by atoms with E-state index in [0.717, 1.165) is 12.8 Å². The van der Waals surface area contributed by atoms with Crippen molar-refractivity contribution in [3.05, 3.63) is 28.8 Å². The maximum absolute atomic E-state index is 12.6. The van der Waals surface area contributed by atoms with Gasteiger partial charge in [0.1, 0.15) is 0 Å². The Morgan fingerprint density at radius 3 is 2.57 bits per heavy atom. The average molecular weight is 352 g/mol. The predicted octanol–water partition coefficient (Wildman–Crippen LogP) is 3.27. The lowest BCUT2D eigenvalue weighted by molar-refractivity contribution is 0.0290. The SMILES string of the molecule is CCOC1CCN(S(=O)(=O)c2ccc(Cl)c(CCl)c2)CC1. The fourth-order valence-electron chi connectivity index (χ4n) is 2.44. The van der Waals surface area contributed by atoms with Gasteiger partial charge in [0, 0.05) is 30.6 Å². The number of hydrogen-bond acceptors (Lipinski definition) is 3. The van der Waals surface area contributed by atoms with Gasteiger partial charge in [-0.15, -0.1) is 11.6 Å². The van der Waals surface area contributed by atoms with Gasteiger partial charge in [0.2, 0.25) is 10.0 Å². The molecule has 0 N–H and O–H groups in total. The zero-order valence-corrected chi connectivity index (χ0v) is 14.2. The molecule has 0 aromatic heterocycles. The molecular weight excluding hydrogens is 333 g/mol. The van der Waals surface area contributed by atoms with E-state index in [9.17, 15) is 8.42 Å². The molecule has 1 aromatic carbocycles. The number of benzene rings is 1. The minimum absolute atomic E-state index is 0.157. The highest BCUT2D eigenvalue weighted by molar-refractivity contribution is 7.89. The molecule has 1 aliphatic rings. The van der Waals surface area contributed by atoms with Gasteiger partial charge in [-0.2, -0.15) is 4.31 Å². The van der Waals surface area contributed by atoms with Gasteiger partial charge >= 0.3 is 0 Å². The molecule has 118 valence electrons. The van der Waals surface area contributed by atoms with Crippen molar-refractivity contribution in [2.24, 2.45) is 0 Å². The second-order valence-corrected chi connectivity index (χ2v) is 7.56. The van der Waals surface area contributed by atoms with Gasteiger partial charge in [-0.25, -0.2) is 8.42 Å². The Kier molecular flexibility index (Phi) is 5.91. The summed E-state index contributed by atoms with van der Waals surface area (Å²) in [5.41, 5.74) is 0.628. The van der Waals surface area contributed by atoms with E-state index in [-0.39, 0.29) is 16.9 Å². The van der Waals surface area contributed by atoms with Gasteiger partial charge in [-0.1, -0.05) is 11.6 Å². The van der Waals surface area contributed by atoms with Crippen LogP contribution in [0.1, 0.15) is 25.3 Å². The number of rotatable bonds is 5. The summed E-state index contributed by atoms with van der Waals surface area (Å²) in [5.74, 6) is 0.189. The van der Waals surface area contributed by atoms with Crippen LogP contribution in [0.3, 0.4) is 0 Å². The molecule has 0 aliphatic carbocycles. The summed E-state index contributed by atoms with van der Waals surface area (Å²) in [6, 6.07) is 4.67. The smallest absolute Gasteiger partial charge is 0.243 e. The lowest BCUT2D eigenvalue weighted by Crippen LogP contribution is -2.40. The first kappa shape index (κ1) is 17.0. The molecular formula is C14H19Cl2NO3S. The molecule has 0 amide bonds. The van der Waals surface area contributed by atoms with Crippen LogP contribution in [0.5, 0.6) is 0 Å². The fourth-order valence-corrected chi connectivity index (χ4v) is 4.43. The molecule has 1 aliphatic heterocycles. The molecule has 21 heavy (non-hydrogen) atoms. The number of halogens is 2. The van der Waals surface area contributed by atoms with Crippen molar-refractivity contribution < 1.29 is 13.2 Å². The molecule has 1 saturated heterocycles. The molecule has 4 nitrogen and oxygen atoms in total. The van der Waals surface area contributed by atoms with E-state index < -0.39 is 10.0 Å². The number of sulfonamides is 1. The molecule has 7 heteroatoms. The van der Waals surface area contributed by atoms with Gasteiger partial charge < -0.3 is 4.74 Å². The van der Waals surface area contributed by atoms with E-state index in [1.54, 1.807) is 12.1 Å². The third-order valence-corrected chi connectivity index (χ3v) is 6.15. The number of alkyl halides is 1. The van der Waals surface area contributed by atoms with Gasteiger partial charge in [-0.05, 0) is 43.5 Å². The minimum Gasteiger partial charge on any atom is -0.378 e. The summed E-state index contributed by atoms with van der Waals surface area (Å²) >= 11 is 11.8. The second kappa shape index (κ2) is 7.29. The Bertz CT molecular complexity index is 584. The second-order valence-electron chi connectivity index (χ2n) is 4.95. The minimum atomic E-state index is -3.49. The molecule has 0 atom stereocenters. The van der Waals surface area contributed by atoms with Crippen LogP contribution in [0.4, 0.5) is 0 Å². The zero-order valence-electron chi connectivity index (χ0n) is 11.9. The van der Waals surface area contributed by atoms with Crippen LogP contribution in [-0.4, -0.2) is 38.5 Å². The molecule has 2 rings (SSSR count). The summed E-state index contributed by atoms with van der Waals surface area (Å²) in [7, 11) is -3.49. The average Bonchev–Trinajstić information content (AvgIpc) is 2.48. The van der Waals surface area contributed by atoms with Crippen molar-refractivity contribution in [1.82, 2.24) is 4.31 Å². The van der Waals surface area contributed by atoms with Crippen LogP contribution in [0.25, 0.3) is 0 Å². The Labute approximate surface area is 136 Å². The highest BCUT2D eigenvalue weighted by atomic mass is 35.5. The summed E-state index contributed by atoms with van der Waals surface area (Å²) < 4.78 is 32.3. The maximum atomic E-state index is 12.6. The fraction of sp³-hybridized carbons (Fsp3) is 0.571. The highest BCUT2D eigenvalue weighted by Crippen LogP contribution is 2.26. The van der Waals surface area contributed by atoms with E-state index in [4.69, 9.17) is 27.9 Å². The third-order valence-electron chi connectivity index (χ3n) is 3.60. The summed E-state index contributed by atoms with van der Waals surface area (Å²) in [4.78, 5) is 0.248. The number of piperidine rings is 1. The highest BCUT2D eigenvalue weighted by Gasteiger charge is 2.29. The van der Waals surface area contributed by atoms with E-state index in [1.165, 1.54) is 10.4 Å². The number of hydrogen-bond donors (Lipinski definition) is 0. The van der Waals surface area contributed by atoms with Gasteiger partial charge in [0.15, 0.2) is 0 Å². The number of ether oxygens (including phenoxy) is 1. The third kappa shape index (κ3) is 3.90. The van der Waals surface area contributed by atoms with Crippen LogP contribution in [0, 0.1) is 0 Å². The van der Waals surface area contributed by atoms with E-state index in [2.05, 4.69) is 0 Å². The lowest BCUT2D eigenvalue weighted by Gasteiger charge is -2.31. The van der Waals surface area contributed by atoms with Gasteiger partial charge in [0.25, 0.3) is 0 Å². The van der Waals surface area contributed by atoms with Crippen LogP contribution in [-0.2, 0) is 20.6 Å². The molecule has 0 bridgehead atoms. The molecule has 0 radical (unpaired) electrons. The molecule has 1 aromatic rings. The lowest BCUT2D eigenvalue weighted by atomic mass is 10.1. The normalized spacial score (nSPS) is 18.0. The first-order valence-electron chi connectivity index (χ1n) is 6.95. The van der Waals surface area contributed by atoms with Crippen LogP contribution < -0.4 is 0 Å². The van der Waals surface area contributed by atoms with Gasteiger partial charge in [0.05, 0.1) is 11.0 Å². The van der Waals surface area contributed by atoms with Gasteiger partial charge in [-0.3, -0.25) is 0 Å². The van der Waals surface area contributed by atoms with Crippen molar-refractivity contribution in [2.75, 3.05) is 19.7 Å². The first-order chi connectivity index (χ1) is 9.98. The Balaban J connectivity index is 2.15. The summed E-state index contributed by atoms with van der Waals surface area (Å²) in [5, 5.41) is 0.485. The predicted molar refractivity (Wildman–Crippen MR) is 84.4 cm³/mol. The first-order valence-corrected chi connectivity index (χ1v) is 9.30. The quantitative estimate of drug-likeness (QED) is 0.764. The van der Waals surface area contributed by atoms with Crippen molar-refractivity contribution in [2.45, 2.75) is 36.6 Å². The van der Waals surface area contributed by atoms with Crippen molar-refractivity contribution in [3.8, 4) is 0 Å². The molecule has 1 fully saturated rings. The zero-order chi connectivity index (χ0) is 15.5. The maximum Gasteiger partial charge on any atom is 0.243 e. The Morgan fingerprint density at radius 2 is 2.00 bits per heavy atom. The standard InChI is InChI=1S/C14H19Cl2NO3S/c1-2-20-12-5-7-17(8-6-12)21(18,19)13-3-4-14(16)11(9-13)10-15/h3-4,9,12H,2,5-8,10H2,1H3. The topological polar surface area (TPSA) is 46.6 Å². The van der Waals surface area contributed by atoms with E-state index >= 15 is 0 Å². The van der Waals surface area contributed by atoms with Crippen LogP contribution in [0.2, 0.25) is 5.02 Å². The van der Waals surface area contributed by atoms with Crippen molar-refractivity contribution in [3.63, 3.8) is 0 Å². The Morgan fingerprint density at radius 1 is 1.33 bits per heavy atom. The van der Waals surface area contributed by atoms with Crippen molar-refractivity contribution >= 4 is 33.2 Å². The molecule has 0 unspecified atom stereocenters. The summed E-state index contributed by atoms with van der Waals surface area (Å²) in [6.07, 6.45) is 1.61. The van der Waals surface area contributed by atoms with Crippen LogP contribution >= 0.6 is 23.2 Å². The summed E-state index contributed by atoms with van der Waals surface area (Å²) in [6.45, 7) is 3.57. The monoisotopic (exact) mass is 351 g/mol. The Hall–Kier alpha value is -0.330. The van der Waals surface area contributed by atoms with Crippen LogP contribution in [0.15, 0.2) is 23.1 Å². The number of nitrogens with zero attached hydrogens (tertiary/aromatic N) is 1. The molecule has 0 saturated carbocycles. The largest absolute Gasteiger partial charge is 0.378 e. The molecule has 1 heterocycles. The van der Waals surface area contributed by atoms with E-state index in [1.807, 2.05) is 6.92 Å².